The number of hydrogen-bond donors (Lipinski definition) is 4. The molecule has 0 aliphatic rings. The largest absolute Gasteiger partial charge is 0.386 e. The predicted octanol–water partition coefficient (Wildman–Crippen LogP) is 4.44. The Morgan fingerprint density at radius 2 is 1.81 bits per heavy atom. The molecule has 4 N–H and O–H groups in total. The molecule has 0 radical (unpaired) electrons. The zero-order valence-electron chi connectivity index (χ0n) is 17.1. The minimum absolute atomic E-state index is 0.209. The van der Waals surface area contributed by atoms with E-state index < -0.39 is 5.60 Å². The van der Waals surface area contributed by atoms with Gasteiger partial charge >= 0.3 is 0 Å². The Kier molecular flexibility index (Phi) is 4.34. The SMILES string of the molecule is CC(C)(O)c1ccc(-c2cc3cc[nH]c(=O)c3c(Nc3ccc4cn[nH]c4c3)n2)cc1. The zero-order valence-corrected chi connectivity index (χ0v) is 17.1. The number of aliphatic hydroxyl groups is 1. The summed E-state index contributed by atoms with van der Waals surface area (Å²) in [5, 5.41) is 22.8. The number of hydrogen-bond acceptors (Lipinski definition) is 5. The van der Waals surface area contributed by atoms with Gasteiger partial charge in [-0.3, -0.25) is 9.89 Å². The lowest BCUT2D eigenvalue weighted by molar-refractivity contribution is 0.0786. The Balaban J connectivity index is 1.63. The molecule has 3 heterocycles. The van der Waals surface area contributed by atoms with Crippen LogP contribution in [0.1, 0.15) is 19.4 Å². The summed E-state index contributed by atoms with van der Waals surface area (Å²) < 4.78 is 0. The molecule has 7 nitrogen and oxygen atoms in total. The second-order valence-corrected chi connectivity index (χ2v) is 8.06. The molecule has 0 aliphatic carbocycles. The molecule has 5 aromatic rings. The van der Waals surface area contributed by atoms with Crippen molar-refractivity contribution in [3.05, 3.63) is 82.9 Å². The third-order valence-electron chi connectivity index (χ3n) is 5.35. The summed E-state index contributed by atoms with van der Waals surface area (Å²) in [5.41, 5.74) is 3.00. The van der Waals surface area contributed by atoms with Crippen molar-refractivity contribution in [1.82, 2.24) is 20.2 Å². The number of pyridine rings is 2. The molecular formula is C24H21N5O2. The topological polar surface area (TPSA) is 107 Å². The first kappa shape index (κ1) is 19.0. The highest BCUT2D eigenvalue weighted by atomic mass is 16.3. The van der Waals surface area contributed by atoms with Crippen LogP contribution in [0.3, 0.4) is 0 Å². The van der Waals surface area contributed by atoms with E-state index in [9.17, 15) is 9.90 Å². The van der Waals surface area contributed by atoms with E-state index in [4.69, 9.17) is 4.98 Å². The highest BCUT2D eigenvalue weighted by molar-refractivity contribution is 5.95. The van der Waals surface area contributed by atoms with Crippen LogP contribution in [-0.4, -0.2) is 25.3 Å². The van der Waals surface area contributed by atoms with Crippen LogP contribution in [0, 0.1) is 0 Å². The average Bonchev–Trinajstić information content (AvgIpc) is 3.21. The van der Waals surface area contributed by atoms with Gasteiger partial charge in [0.1, 0.15) is 5.82 Å². The lowest BCUT2D eigenvalue weighted by atomic mass is 9.96. The fourth-order valence-electron chi connectivity index (χ4n) is 3.65. The first-order valence-electron chi connectivity index (χ1n) is 9.94. The van der Waals surface area contributed by atoms with Crippen LogP contribution in [0.2, 0.25) is 0 Å². The van der Waals surface area contributed by atoms with Crippen LogP contribution in [0.5, 0.6) is 0 Å². The van der Waals surface area contributed by atoms with E-state index in [1.165, 1.54) is 0 Å². The monoisotopic (exact) mass is 411 g/mol. The van der Waals surface area contributed by atoms with Gasteiger partial charge in [-0.1, -0.05) is 24.3 Å². The van der Waals surface area contributed by atoms with Crippen molar-refractivity contribution >= 4 is 33.2 Å². The van der Waals surface area contributed by atoms with Gasteiger partial charge in [-0.15, -0.1) is 0 Å². The van der Waals surface area contributed by atoms with E-state index in [0.717, 1.165) is 38.8 Å². The summed E-state index contributed by atoms with van der Waals surface area (Å²) in [6.07, 6.45) is 3.39. The first-order valence-corrected chi connectivity index (χ1v) is 9.94. The standard InChI is InChI=1S/C24H21N5O2/c1-24(2,31)17-6-3-14(4-7-17)19-11-15-9-10-25-23(30)21(15)22(28-19)27-18-8-5-16-13-26-29-20(16)12-18/h3-13,31H,1-2H3,(H,25,30)(H,26,29)(H,27,28). The Labute approximate surface area is 177 Å². The predicted molar refractivity (Wildman–Crippen MR) is 122 cm³/mol. The normalized spacial score (nSPS) is 11.8. The molecule has 7 heteroatoms. The van der Waals surface area contributed by atoms with Gasteiger partial charge in [0, 0.05) is 22.8 Å². The third kappa shape index (κ3) is 3.55. The van der Waals surface area contributed by atoms with Crippen LogP contribution >= 0.6 is 0 Å². The fourth-order valence-corrected chi connectivity index (χ4v) is 3.65. The third-order valence-corrected chi connectivity index (χ3v) is 5.35. The molecule has 0 saturated heterocycles. The van der Waals surface area contributed by atoms with Gasteiger partial charge in [0.05, 0.1) is 28.4 Å². The number of fused-ring (bicyclic) bond motifs is 2. The number of aromatic nitrogens is 4. The number of anilines is 2. The maximum atomic E-state index is 12.6. The van der Waals surface area contributed by atoms with E-state index in [2.05, 4.69) is 20.5 Å². The number of nitrogens with zero attached hydrogens (tertiary/aromatic N) is 2. The van der Waals surface area contributed by atoms with Crippen LogP contribution in [0.25, 0.3) is 32.9 Å². The van der Waals surface area contributed by atoms with Gasteiger partial charge in [0.25, 0.3) is 5.56 Å². The van der Waals surface area contributed by atoms with Crippen molar-refractivity contribution in [2.45, 2.75) is 19.4 Å². The number of H-pyrrole nitrogens is 2. The average molecular weight is 411 g/mol. The van der Waals surface area contributed by atoms with Crippen LogP contribution < -0.4 is 10.9 Å². The first-order chi connectivity index (χ1) is 14.9. The zero-order chi connectivity index (χ0) is 21.6. The number of rotatable bonds is 4. The molecule has 2 aromatic carbocycles. The van der Waals surface area contributed by atoms with E-state index in [1.54, 1.807) is 26.2 Å². The summed E-state index contributed by atoms with van der Waals surface area (Å²) in [7, 11) is 0. The van der Waals surface area contributed by atoms with Crippen molar-refractivity contribution in [2.24, 2.45) is 0 Å². The number of aromatic amines is 2. The highest BCUT2D eigenvalue weighted by Gasteiger charge is 2.16. The number of benzene rings is 2. The Bertz CT molecular complexity index is 1460. The van der Waals surface area contributed by atoms with Crippen LogP contribution in [0.4, 0.5) is 11.5 Å². The van der Waals surface area contributed by atoms with Crippen molar-refractivity contribution in [2.75, 3.05) is 5.32 Å². The lowest BCUT2D eigenvalue weighted by Crippen LogP contribution is -2.15. The summed E-state index contributed by atoms with van der Waals surface area (Å²) >= 11 is 0. The molecule has 31 heavy (non-hydrogen) atoms. The van der Waals surface area contributed by atoms with Crippen LogP contribution in [0.15, 0.2) is 71.8 Å². The molecule has 0 spiro atoms. The smallest absolute Gasteiger partial charge is 0.259 e. The Morgan fingerprint density at radius 3 is 2.58 bits per heavy atom. The Morgan fingerprint density at radius 1 is 1.00 bits per heavy atom. The van der Waals surface area contributed by atoms with Crippen molar-refractivity contribution in [3.63, 3.8) is 0 Å². The van der Waals surface area contributed by atoms with Gasteiger partial charge in [-0.2, -0.15) is 5.10 Å². The van der Waals surface area contributed by atoms with E-state index in [0.29, 0.717) is 11.2 Å². The summed E-state index contributed by atoms with van der Waals surface area (Å²) in [4.78, 5) is 20.1. The maximum absolute atomic E-state index is 12.6. The van der Waals surface area contributed by atoms with E-state index in [1.807, 2.05) is 54.6 Å². The molecule has 0 bridgehead atoms. The minimum Gasteiger partial charge on any atom is -0.386 e. The molecule has 0 amide bonds. The summed E-state index contributed by atoms with van der Waals surface area (Å²) in [6.45, 7) is 3.50. The van der Waals surface area contributed by atoms with Crippen LogP contribution in [-0.2, 0) is 5.60 Å². The lowest BCUT2D eigenvalue weighted by Gasteiger charge is -2.18. The fraction of sp³-hybridized carbons (Fsp3) is 0.125. The molecule has 0 aliphatic heterocycles. The van der Waals surface area contributed by atoms with E-state index in [-0.39, 0.29) is 5.56 Å². The quantitative estimate of drug-likeness (QED) is 0.350. The Hall–Kier alpha value is -3.97. The molecule has 0 unspecified atom stereocenters. The minimum atomic E-state index is -0.916. The summed E-state index contributed by atoms with van der Waals surface area (Å²) in [6, 6.07) is 17.2. The molecule has 154 valence electrons. The van der Waals surface area contributed by atoms with Gasteiger partial charge in [0.15, 0.2) is 0 Å². The second-order valence-electron chi connectivity index (χ2n) is 8.06. The molecule has 3 aromatic heterocycles. The van der Waals surface area contributed by atoms with Crippen molar-refractivity contribution in [3.8, 4) is 11.3 Å². The van der Waals surface area contributed by atoms with Gasteiger partial charge in [0.2, 0.25) is 0 Å². The van der Waals surface area contributed by atoms with Gasteiger partial charge in [-0.05, 0) is 55.1 Å². The number of nitrogens with one attached hydrogen (secondary N) is 3. The van der Waals surface area contributed by atoms with Gasteiger partial charge in [-0.25, -0.2) is 4.98 Å². The molecule has 0 saturated carbocycles. The van der Waals surface area contributed by atoms with Crippen molar-refractivity contribution < 1.29 is 5.11 Å². The molecule has 0 fully saturated rings. The summed E-state index contributed by atoms with van der Waals surface area (Å²) in [5.74, 6) is 0.472. The van der Waals surface area contributed by atoms with E-state index >= 15 is 0 Å². The maximum Gasteiger partial charge on any atom is 0.259 e. The van der Waals surface area contributed by atoms with Gasteiger partial charge < -0.3 is 15.4 Å². The second kappa shape index (κ2) is 7.07. The molecule has 5 rings (SSSR count). The highest BCUT2D eigenvalue weighted by Crippen LogP contribution is 2.30. The molecule has 0 atom stereocenters. The van der Waals surface area contributed by atoms with Crippen molar-refractivity contribution in [1.29, 1.82) is 0 Å². The molecular weight excluding hydrogens is 390 g/mol.